The Kier molecular flexibility index (Phi) is 27.7. The highest BCUT2D eigenvalue weighted by Crippen LogP contribution is 2.36. The number of ether oxygens (including phenoxy) is 9. The van der Waals surface area contributed by atoms with Gasteiger partial charge in [-0.25, -0.2) is 0 Å². The lowest BCUT2D eigenvalue weighted by Crippen LogP contribution is -2.71. The molecule has 0 aromatic carbocycles. The summed E-state index contributed by atoms with van der Waals surface area (Å²) >= 11 is 0. The highest BCUT2D eigenvalue weighted by molar-refractivity contribution is 5.82. The fourth-order valence-electron chi connectivity index (χ4n) is 9.16. The van der Waals surface area contributed by atoms with E-state index in [1.54, 1.807) is 0 Å². The lowest BCUT2D eigenvalue weighted by Gasteiger charge is -2.51. The van der Waals surface area contributed by atoms with Gasteiger partial charge in [0.2, 0.25) is 23.6 Å². The van der Waals surface area contributed by atoms with Crippen molar-refractivity contribution in [3.8, 4) is 0 Å². The Morgan fingerprint density at radius 3 is 1.09 bits per heavy atom. The average molecular weight is 1140 g/mol. The standard InChI is InChI=1S/C47H82N4O27/c1-19-28(48-40(66)23(56)10-14-52)32(61)36(65)44(72-19)76-38-34(63)30(50-42(68)25(58)12-16-54)21(3)74-46(38)78-39-35(64)31(51-43(69)26(59)13-17-55)22(4)75-47(39)77-37-33(62)29(49-41(67)24(57)11-15-53)20(2)73-45(37)71-18-8-6-7-9-27(60)70-5/h19-26,28-39,44-47,52-59,61-65H,6-18H2,1-5H3,(H,48,66)(H,49,67)(H,50,68)(H,51,69)/t19-,20-,21-,22-,23-,24-,25-,26-,28-,29-,30-,31-,32+,33+,34+,35+,36+,37+,38+,39+,44-,45+,46-,47-/m1/s1. The van der Waals surface area contributed by atoms with E-state index in [2.05, 4.69) is 26.0 Å². The molecule has 452 valence electrons. The average Bonchev–Trinajstić information content (AvgIpc) is 3.42. The maximum atomic E-state index is 13.2. The number of hydrogen-bond donors (Lipinski definition) is 17. The molecule has 0 unspecified atom stereocenters. The van der Waals surface area contributed by atoms with Gasteiger partial charge in [-0.1, -0.05) is 6.42 Å². The Bertz CT molecular complexity index is 1860. The molecule has 78 heavy (non-hydrogen) atoms. The second-order valence-electron chi connectivity index (χ2n) is 19.6. The maximum absolute atomic E-state index is 13.2. The Hall–Kier alpha value is -3.49. The van der Waals surface area contributed by atoms with Crippen molar-refractivity contribution >= 4 is 29.6 Å². The minimum atomic E-state index is -2.09. The van der Waals surface area contributed by atoms with Crippen molar-refractivity contribution in [1.29, 1.82) is 0 Å². The van der Waals surface area contributed by atoms with E-state index in [1.165, 1.54) is 34.8 Å². The van der Waals surface area contributed by atoms with Crippen LogP contribution in [0.25, 0.3) is 0 Å². The normalized spacial score (nSPS) is 36.8. The molecule has 24 atom stereocenters. The van der Waals surface area contributed by atoms with Crippen molar-refractivity contribution in [3.63, 3.8) is 0 Å². The molecule has 17 N–H and O–H groups in total. The summed E-state index contributed by atoms with van der Waals surface area (Å²) in [5.41, 5.74) is 0. The molecule has 31 heteroatoms. The fraction of sp³-hybridized carbons (Fsp3) is 0.894. The monoisotopic (exact) mass is 1130 g/mol. The van der Waals surface area contributed by atoms with Crippen LogP contribution in [-0.4, -0.2) is 283 Å². The van der Waals surface area contributed by atoms with Crippen molar-refractivity contribution in [2.45, 2.75) is 226 Å². The minimum Gasteiger partial charge on any atom is -0.469 e. The second-order valence-corrected chi connectivity index (χ2v) is 19.6. The van der Waals surface area contributed by atoms with Crippen molar-refractivity contribution in [3.05, 3.63) is 0 Å². The summed E-state index contributed by atoms with van der Waals surface area (Å²) in [4.78, 5) is 63.8. The van der Waals surface area contributed by atoms with Crippen LogP contribution in [0.2, 0.25) is 0 Å². The number of nitrogens with one attached hydrogen (secondary N) is 4. The topological polar surface area (TPSA) is 480 Å². The van der Waals surface area contributed by atoms with Crippen LogP contribution in [0.5, 0.6) is 0 Å². The molecule has 4 amide bonds. The lowest BCUT2D eigenvalue weighted by molar-refractivity contribution is -0.388. The van der Waals surface area contributed by atoms with E-state index in [0.717, 1.165) is 0 Å². The van der Waals surface area contributed by atoms with Crippen molar-refractivity contribution in [2.24, 2.45) is 0 Å². The molecule has 4 fully saturated rings. The molecule has 0 aliphatic carbocycles. The first-order valence-electron chi connectivity index (χ1n) is 26.0. The first-order valence-corrected chi connectivity index (χ1v) is 26.0. The third-order valence-corrected chi connectivity index (χ3v) is 13.8. The van der Waals surface area contributed by atoms with E-state index in [1.807, 2.05) is 0 Å². The highest BCUT2D eigenvalue weighted by Gasteiger charge is 2.56. The number of aliphatic hydroxyl groups excluding tert-OH is 13. The first kappa shape index (κ1) is 67.0. The SMILES string of the molecule is COC(=O)CCCCCO[C@H]1O[C@H](C)[C@@H](NC(=O)[C@H](O)CCO)[C@H](O)[C@@H]1O[C@H]1O[C@H](C)[C@@H](NC(=O)[C@H](O)CCO)[C@H](O)[C@@H]1O[C@H]1O[C@H](C)[C@@H](NC(=O)[C@H](O)CCO)[C@H](O)[C@@H]1O[C@H]1O[C@H](C)[C@@H](NC(=O)[C@H](O)CCO)[C@H](O)[C@@H]1O. The molecule has 4 aliphatic heterocycles. The summed E-state index contributed by atoms with van der Waals surface area (Å²) < 4.78 is 54.2. The van der Waals surface area contributed by atoms with E-state index in [9.17, 15) is 90.4 Å². The zero-order chi connectivity index (χ0) is 58.1. The zero-order valence-corrected chi connectivity index (χ0v) is 44.1. The molecule has 4 heterocycles. The van der Waals surface area contributed by atoms with Gasteiger partial charge in [-0.2, -0.15) is 0 Å². The summed E-state index contributed by atoms with van der Waals surface area (Å²) in [6, 6.07) is -5.82. The number of aliphatic hydroxyl groups is 13. The van der Waals surface area contributed by atoms with Crippen LogP contribution in [0, 0.1) is 0 Å². The quantitative estimate of drug-likeness (QED) is 0.0244. The van der Waals surface area contributed by atoms with Gasteiger partial charge in [-0.05, 0) is 40.5 Å². The number of unbranched alkanes of at least 4 members (excludes halogenated alkanes) is 2. The van der Waals surface area contributed by atoms with Gasteiger partial charge in [0.1, 0.15) is 73.2 Å². The van der Waals surface area contributed by atoms with Gasteiger partial charge in [0.25, 0.3) is 0 Å². The summed E-state index contributed by atoms with van der Waals surface area (Å²) in [5, 5.41) is 148. The molecule has 0 aromatic rings. The number of amides is 4. The second kappa shape index (κ2) is 32.2. The molecule has 0 radical (unpaired) electrons. The first-order chi connectivity index (χ1) is 36.9. The number of rotatable bonds is 29. The molecule has 0 aromatic heterocycles. The van der Waals surface area contributed by atoms with Crippen LogP contribution in [-0.2, 0) is 66.6 Å². The number of hydrogen-bond acceptors (Lipinski definition) is 27. The van der Waals surface area contributed by atoms with Gasteiger partial charge in [0, 0.05) is 65.1 Å². The van der Waals surface area contributed by atoms with Gasteiger partial charge in [0.05, 0.1) is 55.7 Å². The van der Waals surface area contributed by atoms with Crippen molar-refractivity contribution in [1.82, 2.24) is 21.3 Å². The zero-order valence-electron chi connectivity index (χ0n) is 44.1. The molecule has 4 aliphatic rings. The number of carbonyl (C=O) groups excluding carboxylic acids is 5. The predicted octanol–water partition coefficient (Wildman–Crippen LogP) is -8.41. The van der Waals surface area contributed by atoms with Crippen LogP contribution in [0.4, 0.5) is 0 Å². The molecule has 0 bridgehead atoms. The van der Waals surface area contributed by atoms with Crippen LogP contribution >= 0.6 is 0 Å². The number of methoxy groups -OCH3 is 1. The predicted molar refractivity (Wildman–Crippen MR) is 257 cm³/mol. The largest absolute Gasteiger partial charge is 0.469 e. The fourth-order valence-corrected chi connectivity index (χ4v) is 9.16. The van der Waals surface area contributed by atoms with Crippen LogP contribution < -0.4 is 21.3 Å². The van der Waals surface area contributed by atoms with Gasteiger partial charge >= 0.3 is 5.97 Å². The Morgan fingerprint density at radius 2 is 0.744 bits per heavy atom. The Labute approximate surface area is 449 Å². The minimum absolute atomic E-state index is 0.0627. The summed E-state index contributed by atoms with van der Waals surface area (Å²) in [6.45, 7) is 3.10. The Morgan fingerprint density at radius 1 is 0.436 bits per heavy atom. The van der Waals surface area contributed by atoms with Crippen LogP contribution in [0.1, 0.15) is 79.1 Å². The molecule has 4 saturated heterocycles. The highest BCUT2D eigenvalue weighted by atomic mass is 16.8. The van der Waals surface area contributed by atoms with Gasteiger partial charge in [-0.15, -0.1) is 0 Å². The molecule has 4 rings (SSSR count). The Balaban J connectivity index is 1.78. The molecule has 0 saturated carbocycles. The molecular formula is C47H82N4O27. The van der Waals surface area contributed by atoms with Gasteiger partial charge in [-0.3, -0.25) is 24.0 Å². The smallest absolute Gasteiger partial charge is 0.305 e. The summed E-state index contributed by atoms with van der Waals surface area (Å²) in [7, 11) is 1.25. The summed E-state index contributed by atoms with van der Waals surface area (Å²) in [5.74, 6) is -4.63. The van der Waals surface area contributed by atoms with Crippen molar-refractivity contribution in [2.75, 3.05) is 40.1 Å². The molecule has 0 spiro atoms. The lowest BCUT2D eigenvalue weighted by atomic mass is 9.93. The van der Waals surface area contributed by atoms with Gasteiger partial charge in [0.15, 0.2) is 25.2 Å². The third-order valence-electron chi connectivity index (χ3n) is 13.8. The van der Waals surface area contributed by atoms with Crippen molar-refractivity contribution < 1.29 is 133 Å². The van der Waals surface area contributed by atoms with E-state index in [4.69, 9.17) is 37.9 Å². The van der Waals surface area contributed by atoms with E-state index >= 15 is 0 Å². The third kappa shape index (κ3) is 18.0. The summed E-state index contributed by atoms with van der Waals surface area (Å²) in [6.07, 6.45) is -35.1. The van der Waals surface area contributed by atoms with E-state index in [-0.39, 0.29) is 25.9 Å². The molecular weight excluding hydrogens is 1050 g/mol. The van der Waals surface area contributed by atoms with Gasteiger partial charge < -0.3 is 130 Å². The van der Waals surface area contributed by atoms with E-state index < -0.39 is 216 Å². The van der Waals surface area contributed by atoms with Crippen LogP contribution in [0.3, 0.4) is 0 Å². The van der Waals surface area contributed by atoms with Crippen LogP contribution in [0.15, 0.2) is 0 Å². The number of esters is 1. The van der Waals surface area contributed by atoms with E-state index in [0.29, 0.717) is 19.3 Å². The molecule has 31 nitrogen and oxygen atoms in total. The maximum Gasteiger partial charge on any atom is 0.305 e. The number of carbonyl (C=O) groups is 5.